The molecular weight excluding hydrogens is 1330 g/mol. The molecule has 4 fully saturated rings. The van der Waals surface area contributed by atoms with Crippen LogP contribution in [0.15, 0.2) is 135 Å². The fourth-order valence-corrected chi connectivity index (χ4v) is 14.1. The molecule has 2 saturated heterocycles. The number of benzene rings is 2. The number of nitrogens with zero attached hydrogens (tertiary/aromatic N) is 14. The van der Waals surface area contributed by atoms with Gasteiger partial charge in [0.05, 0.1) is 0 Å². The van der Waals surface area contributed by atoms with Gasteiger partial charge < -0.3 is 40.1 Å². The Hall–Kier alpha value is -10.1. The van der Waals surface area contributed by atoms with Gasteiger partial charge in [-0.1, -0.05) is 128 Å². The average Bonchev–Trinajstić information content (AvgIpc) is 0.922. The molecule has 3 N–H and O–H groups in total. The third-order valence-corrected chi connectivity index (χ3v) is 20.2. The third-order valence-electron chi connectivity index (χ3n) is 20.2. The van der Waals surface area contributed by atoms with Crippen LogP contribution in [0.5, 0.6) is 0 Å². The number of hydrogen-bond acceptors (Lipinski definition) is 15. The van der Waals surface area contributed by atoms with E-state index in [4.69, 9.17) is 9.84 Å². The lowest BCUT2D eigenvalue weighted by Gasteiger charge is -2.37. The van der Waals surface area contributed by atoms with Crippen LogP contribution in [-0.4, -0.2) is 202 Å². The number of carbonyl (C=O) groups is 8. The summed E-state index contributed by atoms with van der Waals surface area (Å²) in [5.74, 6) is -0.631. The molecule has 2 aromatic carbocycles. The minimum atomic E-state index is -1.04. The Morgan fingerprint density at radius 1 is 0.543 bits per heavy atom. The van der Waals surface area contributed by atoms with Gasteiger partial charge in [-0.05, 0) is 139 Å². The van der Waals surface area contributed by atoms with Crippen molar-refractivity contribution in [2.24, 2.45) is 17.8 Å². The second-order valence-corrected chi connectivity index (χ2v) is 28.6. The number of carboxylic acids is 1. The van der Waals surface area contributed by atoms with Crippen LogP contribution in [0, 0.1) is 17.8 Å². The lowest BCUT2D eigenvalue weighted by molar-refractivity contribution is -0.140. The number of hydrogen-bond donors (Lipinski definition) is 3. The monoisotopic (exact) mass is 1440 g/mol. The van der Waals surface area contributed by atoms with Crippen LogP contribution in [0.2, 0.25) is 0 Å². The Morgan fingerprint density at radius 2 is 0.933 bits per heavy atom. The third kappa shape index (κ3) is 21.5. The van der Waals surface area contributed by atoms with E-state index >= 15 is 0 Å². The molecule has 2 aliphatic carbocycles. The number of likely N-dealkylation sites (tertiary alicyclic amines) is 2. The number of rotatable bonds is 23. The van der Waals surface area contributed by atoms with Gasteiger partial charge in [0, 0.05) is 120 Å². The molecule has 6 aromatic heterocycles. The van der Waals surface area contributed by atoms with Crippen LogP contribution in [0.4, 0.5) is 4.79 Å². The van der Waals surface area contributed by atoms with Crippen LogP contribution >= 0.6 is 0 Å². The number of imidazole rings is 3. The molecule has 105 heavy (non-hydrogen) atoms. The predicted octanol–water partition coefficient (Wildman–Crippen LogP) is 10.9. The number of carboxylic acid groups (broad SMARTS) is 1. The number of amides is 7. The molecule has 2 aliphatic heterocycles. The summed E-state index contributed by atoms with van der Waals surface area (Å²) < 4.78 is 10.5. The highest BCUT2D eigenvalue weighted by Gasteiger charge is 2.43. The van der Waals surface area contributed by atoms with E-state index in [2.05, 4.69) is 52.7 Å². The summed E-state index contributed by atoms with van der Waals surface area (Å²) in [6.45, 7) is 13.8. The molecule has 26 nitrogen and oxygen atoms in total. The summed E-state index contributed by atoms with van der Waals surface area (Å²) in [4.78, 5) is 140. The van der Waals surface area contributed by atoms with Crippen LogP contribution < -0.4 is 10.6 Å². The van der Waals surface area contributed by atoms with Gasteiger partial charge in [-0.15, -0.1) is 0 Å². The van der Waals surface area contributed by atoms with Gasteiger partial charge >= 0.3 is 12.1 Å². The number of likely N-dealkylation sites (N-methyl/N-ethyl adjacent to an activating group) is 1. The maximum Gasteiger partial charge on any atom is 0.410 e. The van der Waals surface area contributed by atoms with Gasteiger partial charge in [0.2, 0.25) is 41.0 Å². The van der Waals surface area contributed by atoms with E-state index in [1.807, 2.05) is 89.5 Å². The number of aromatic carboxylic acids is 1. The Labute approximate surface area is 616 Å². The van der Waals surface area contributed by atoms with E-state index in [1.165, 1.54) is 24.6 Å². The summed E-state index contributed by atoms with van der Waals surface area (Å²) in [5.41, 5.74) is 2.22. The highest BCUT2D eigenvalue weighted by molar-refractivity contribution is 5.95. The van der Waals surface area contributed by atoms with Crippen LogP contribution in [-0.2, 0) is 36.8 Å². The van der Waals surface area contributed by atoms with Crippen molar-refractivity contribution in [2.75, 3.05) is 46.3 Å². The van der Waals surface area contributed by atoms with Crippen molar-refractivity contribution in [1.29, 1.82) is 0 Å². The zero-order valence-corrected chi connectivity index (χ0v) is 60.5. The maximum absolute atomic E-state index is 14.5. The first kappa shape index (κ1) is 80.5. The first-order chi connectivity index (χ1) is 49.6. The molecule has 8 heterocycles. The van der Waals surface area contributed by atoms with Gasteiger partial charge in [0.1, 0.15) is 35.1 Å². The van der Waals surface area contributed by atoms with Gasteiger partial charge in [-0.3, -0.25) is 46.9 Å². The van der Waals surface area contributed by atoms with Gasteiger partial charge in [0.15, 0.2) is 5.69 Å². The molecule has 0 unspecified atom stereocenters. The quantitative estimate of drug-likeness (QED) is 0.0536. The number of ether oxygens (including phenoxy) is 1. The van der Waals surface area contributed by atoms with Gasteiger partial charge in [-0.25, -0.2) is 39.5 Å². The highest BCUT2D eigenvalue weighted by atomic mass is 16.6. The first-order valence-corrected chi connectivity index (χ1v) is 36.6. The van der Waals surface area contributed by atoms with Gasteiger partial charge in [0.25, 0.3) is 11.8 Å². The molecule has 0 radical (unpaired) electrons. The molecule has 7 amide bonds. The molecule has 0 bridgehead atoms. The SMILES string of the molecule is C.C.CC[C@@H](C)C(=O)N[C@H](C(=O)N1CCC[C@H]1CN(CCc1ccccc1)C(=O)c1cn2cccnc2n1)C1CCCCC1.C[C@@H](C(=O)N[C@H](C(=O)N1CCC[C@H]1CN(CCc1ccccc1)C(=O)c1cn2cccnc2n1)C1CCCCC1)N(C)C(=O)OC(C)(C)C.O=C(O)c1cn2cccnc2n1. The van der Waals surface area contributed by atoms with Crippen LogP contribution in [0.3, 0.4) is 0 Å². The maximum atomic E-state index is 14.5. The lowest BCUT2D eigenvalue weighted by Crippen LogP contribution is -2.58. The summed E-state index contributed by atoms with van der Waals surface area (Å²) in [6.07, 6.45) is 29.9. The van der Waals surface area contributed by atoms with E-state index in [0.29, 0.717) is 80.8 Å². The molecule has 564 valence electrons. The van der Waals surface area contributed by atoms with E-state index < -0.39 is 41.7 Å². The Kier molecular flexibility index (Phi) is 29.2. The van der Waals surface area contributed by atoms with E-state index in [1.54, 1.807) is 101 Å². The standard InChI is InChI=1S/C37H51N7O5.C33H44N6O3.C7H5N3O2.2CH4/c1-26(41(5)36(48)49-37(2,3)4)32(45)40-31(28-16-10-7-11-17-28)34(47)44-22-12-18-29(44)24-42(23-19-27-14-8-6-9-15-27)33(46)30-25-43-21-13-20-38-35(43)39-30;1-3-24(2)30(40)36-29(26-14-8-5-9-15-26)32(42)39-20-10-16-27(39)22-37(21-17-25-12-6-4-7-13-25)31(41)28-23-38-19-11-18-34-33(38)35-28;11-6(12)5-4-10-3-1-2-8-7(10)9-5;;/h6,8-9,13-15,20-21,25-26,28-29,31H,7,10-12,16-19,22-24H2,1-5H3,(H,40,45);4,6-7,11-13,18-19,23-24,26-27,29H,3,5,8-10,14-17,20-22H2,1-2H3,(H,36,40);1-4H,(H,11,12);2*1H4/t26-,29-,31-;24-,27+,29+;;;/m01.../s1. The van der Waals surface area contributed by atoms with Crippen molar-refractivity contribution in [1.82, 2.24) is 78.2 Å². The molecule has 26 heteroatoms. The van der Waals surface area contributed by atoms with Gasteiger partial charge in [-0.2, -0.15) is 0 Å². The van der Waals surface area contributed by atoms with Crippen LogP contribution in [0.25, 0.3) is 17.3 Å². The first-order valence-electron chi connectivity index (χ1n) is 36.6. The fraction of sp³-hybridized carbons (Fsp3) is 0.519. The number of aromatic nitrogens is 9. The summed E-state index contributed by atoms with van der Waals surface area (Å²) >= 11 is 0. The Bertz CT molecular complexity index is 4060. The van der Waals surface area contributed by atoms with Crippen molar-refractivity contribution in [3.63, 3.8) is 0 Å². The predicted molar refractivity (Wildman–Crippen MR) is 401 cm³/mol. The summed E-state index contributed by atoms with van der Waals surface area (Å²) in [5, 5.41) is 14.8. The number of fused-ring (bicyclic) bond motifs is 3. The van der Waals surface area contributed by atoms with Crippen molar-refractivity contribution >= 4 is 64.8 Å². The summed E-state index contributed by atoms with van der Waals surface area (Å²) in [7, 11) is 1.53. The normalized spacial score (nSPS) is 17.2. The van der Waals surface area contributed by atoms with Crippen molar-refractivity contribution in [3.8, 4) is 0 Å². The molecule has 8 aromatic rings. The topological polar surface area (TPSA) is 297 Å². The zero-order chi connectivity index (χ0) is 73.2. The minimum Gasteiger partial charge on any atom is -0.476 e. The molecule has 12 rings (SSSR count). The Morgan fingerprint density at radius 3 is 1.31 bits per heavy atom. The number of nitrogens with one attached hydrogen (secondary N) is 2. The zero-order valence-electron chi connectivity index (χ0n) is 60.5. The number of carbonyl (C=O) groups excluding carboxylic acids is 7. The molecule has 4 aliphatic rings. The molecule has 0 spiro atoms. The van der Waals surface area contributed by atoms with Crippen molar-refractivity contribution in [2.45, 2.75) is 201 Å². The van der Waals surface area contributed by atoms with E-state index in [9.17, 15) is 38.4 Å². The molecule has 2 saturated carbocycles. The average molecular weight is 1440 g/mol. The van der Waals surface area contributed by atoms with Crippen LogP contribution in [0.1, 0.15) is 195 Å². The molecular formula is C79H108N16O10. The minimum absolute atomic E-state index is 0. The van der Waals surface area contributed by atoms with Crippen molar-refractivity contribution < 1.29 is 48.2 Å². The largest absolute Gasteiger partial charge is 0.476 e. The Balaban J connectivity index is 0.000000226. The van der Waals surface area contributed by atoms with E-state index in [-0.39, 0.29) is 79.9 Å². The summed E-state index contributed by atoms with van der Waals surface area (Å²) in [6, 6.07) is 23.1. The smallest absolute Gasteiger partial charge is 0.410 e. The highest BCUT2D eigenvalue weighted by Crippen LogP contribution is 2.32. The van der Waals surface area contributed by atoms with Crippen molar-refractivity contribution in [3.05, 3.63) is 163 Å². The second kappa shape index (κ2) is 38.0. The van der Waals surface area contributed by atoms with E-state index in [0.717, 1.165) is 101 Å². The molecule has 6 atom stereocenters. The fourth-order valence-electron chi connectivity index (χ4n) is 14.1. The lowest BCUT2D eigenvalue weighted by atomic mass is 9.83. The second-order valence-electron chi connectivity index (χ2n) is 28.6.